The molecule has 3 nitrogen and oxygen atoms in total. The third-order valence-corrected chi connectivity index (χ3v) is 6.30. The van der Waals surface area contributed by atoms with Crippen LogP contribution in [0.4, 0.5) is 0 Å². The maximum Gasteiger partial charge on any atom is 0.494 e. The second kappa shape index (κ2) is 6.41. The number of benzene rings is 3. The fourth-order valence-electron chi connectivity index (χ4n) is 3.92. The molecule has 5 rings (SSSR count). The van der Waals surface area contributed by atoms with E-state index in [0.29, 0.717) is 0 Å². The lowest BCUT2D eigenvalue weighted by molar-refractivity contribution is 0.00578. The largest absolute Gasteiger partial charge is 0.494 e. The van der Waals surface area contributed by atoms with Crippen LogP contribution in [0, 0.1) is 0 Å². The maximum atomic E-state index is 6.25. The molecular formula is C25H24BNO2. The molecule has 0 saturated carbocycles. The summed E-state index contributed by atoms with van der Waals surface area (Å²) in [4.78, 5) is 5.07. The van der Waals surface area contributed by atoms with E-state index in [4.69, 9.17) is 14.3 Å². The molecule has 0 amide bonds. The Hall–Kier alpha value is -2.69. The lowest BCUT2D eigenvalue weighted by atomic mass is 9.78. The third kappa shape index (κ3) is 2.95. The highest BCUT2D eigenvalue weighted by atomic mass is 16.7. The predicted octanol–water partition coefficient (Wildman–Crippen LogP) is 5.35. The van der Waals surface area contributed by atoms with Crippen molar-refractivity contribution in [3.63, 3.8) is 0 Å². The van der Waals surface area contributed by atoms with Gasteiger partial charge in [-0.2, -0.15) is 0 Å². The lowest BCUT2D eigenvalue weighted by Crippen LogP contribution is -2.41. The molecule has 1 fully saturated rings. The number of hydrogen-bond donors (Lipinski definition) is 0. The van der Waals surface area contributed by atoms with Crippen molar-refractivity contribution in [2.75, 3.05) is 0 Å². The summed E-state index contributed by atoms with van der Waals surface area (Å²) in [6.45, 7) is 8.31. The minimum atomic E-state index is -0.391. The minimum absolute atomic E-state index is 0.362. The van der Waals surface area contributed by atoms with Crippen molar-refractivity contribution in [3.05, 3.63) is 72.8 Å². The molecule has 1 aromatic heterocycles. The second-order valence-corrected chi connectivity index (χ2v) is 8.74. The van der Waals surface area contributed by atoms with Gasteiger partial charge < -0.3 is 9.31 Å². The molecule has 0 bridgehead atoms. The van der Waals surface area contributed by atoms with E-state index in [2.05, 4.69) is 94.4 Å². The predicted molar refractivity (Wildman–Crippen MR) is 120 cm³/mol. The Kier molecular flexibility index (Phi) is 4.06. The van der Waals surface area contributed by atoms with Gasteiger partial charge in [0, 0.05) is 16.3 Å². The zero-order valence-electron chi connectivity index (χ0n) is 17.3. The number of nitrogens with zero attached hydrogens (tertiary/aromatic N) is 1. The summed E-state index contributed by atoms with van der Waals surface area (Å²) in [6, 6.07) is 25.2. The molecule has 4 heteroatoms. The Bertz CT molecular complexity index is 1200. The quantitative estimate of drug-likeness (QED) is 0.346. The van der Waals surface area contributed by atoms with Crippen LogP contribution in [0.5, 0.6) is 0 Å². The van der Waals surface area contributed by atoms with E-state index in [1.165, 1.54) is 5.39 Å². The van der Waals surface area contributed by atoms with Gasteiger partial charge >= 0.3 is 7.12 Å². The SMILES string of the molecule is CC1(C)OB(c2ccc3c(c2)nc(-c2ccccc2)c2ccccc23)OC1(C)C. The van der Waals surface area contributed by atoms with Gasteiger partial charge in [-0.05, 0) is 44.6 Å². The molecule has 0 N–H and O–H groups in total. The van der Waals surface area contributed by atoms with Gasteiger partial charge in [-0.15, -0.1) is 0 Å². The average molecular weight is 381 g/mol. The molecule has 29 heavy (non-hydrogen) atoms. The second-order valence-electron chi connectivity index (χ2n) is 8.74. The van der Waals surface area contributed by atoms with Crippen molar-refractivity contribution in [2.24, 2.45) is 0 Å². The van der Waals surface area contributed by atoms with E-state index >= 15 is 0 Å². The summed E-state index contributed by atoms with van der Waals surface area (Å²) in [7, 11) is -0.391. The Morgan fingerprint density at radius 1 is 0.690 bits per heavy atom. The number of aromatic nitrogens is 1. The molecule has 1 aliphatic heterocycles. The smallest absolute Gasteiger partial charge is 0.399 e. The van der Waals surface area contributed by atoms with Crippen LogP contribution in [0.25, 0.3) is 32.9 Å². The van der Waals surface area contributed by atoms with E-state index in [-0.39, 0.29) is 11.2 Å². The standard InChI is InChI=1S/C25H24BNO2/c1-24(2)25(3,4)29-26(28-24)18-14-15-20-19-12-8-9-13-21(19)23(27-22(20)16-18)17-10-6-5-7-11-17/h5-16H,1-4H3. The van der Waals surface area contributed by atoms with E-state index in [1.54, 1.807) is 0 Å². The molecule has 0 radical (unpaired) electrons. The molecule has 1 aliphatic rings. The van der Waals surface area contributed by atoms with E-state index < -0.39 is 7.12 Å². The highest BCUT2D eigenvalue weighted by molar-refractivity contribution is 6.62. The molecule has 1 saturated heterocycles. The number of hydrogen-bond acceptors (Lipinski definition) is 3. The topological polar surface area (TPSA) is 31.4 Å². The Balaban J connectivity index is 1.70. The first-order valence-corrected chi connectivity index (χ1v) is 10.1. The molecule has 0 aliphatic carbocycles. The van der Waals surface area contributed by atoms with E-state index in [0.717, 1.165) is 33.0 Å². The van der Waals surface area contributed by atoms with Crippen LogP contribution in [0.1, 0.15) is 27.7 Å². The number of pyridine rings is 1. The molecule has 2 heterocycles. The summed E-state index contributed by atoms with van der Waals surface area (Å²) >= 11 is 0. The van der Waals surface area contributed by atoms with Gasteiger partial charge in [-0.25, -0.2) is 4.98 Å². The van der Waals surface area contributed by atoms with Gasteiger partial charge in [0.05, 0.1) is 22.4 Å². The van der Waals surface area contributed by atoms with Crippen LogP contribution in [0.15, 0.2) is 72.8 Å². The van der Waals surface area contributed by atoms with Gasteiger partial charge in [-0.1, -0.05) is 66.7 Å². The molecule has 0 spiro atoms. The van der Waals surface area contributed by atoms with Crippen molar-refractivity contribution in [3.8, 4) is 11.3 Å². The Morgan fingerprint density at radius 3 is 2.00 bits per heavy atom. The summed E-state index contributed by atoms with van der Waals surface area (Å²) in [6.07, 6.45) is 0. The lowest BCUT2D eigenvalue weighted by Gasteiger charge is -2.32. The van der Waals surface area contributed by atoms with Gasteiger partial charge in [0.15, 0.2) is 0 Å². The maximum absolute atomic E-state index is 6.25. The van der Waals surface area contributed by atoms with Crippen LogP contribution in [-0.2, 0) is 9.31 Å². The molecule has 3 aromatic carbocycles. The summed E-state index contributed by atoms with van der Waals surface area (Å²) in [5.41, 5.74) is 3.34. The third-order valence-electron chi connectivity index (χ3n) is 6.30. The summed E-state index contributed by atoms with van der Waals surface area (Å²) in [5.74, 6) is 0. The van der Waals surface area contributed by atoms with Crippen molar-refractivity contribution < 1.29 is 9.31 Å². The van der Waals surface area contributed by atoms with Crippen molar-refractivity contribution in [2.45, 2.75) is 38.9 Å². The van der Waals surface area contributed by atoms with Gasteiger partial charge in [-0.3, -0.25) is 0 Å². The Labute approximate surface area is 171 Å². The fraction of sp³-hybridized carbons (Fsp3) is 0.240. The average Bonchev–Trinajstić information content (AvgIpc) is 2.95. The van der Waals surface area contributed by atoms with Crippen LogP contribution < -0.4 is 5.46 Å². The van der Waals surface area contributed by atoms with Crippen molar-refractivity contribution >= 4 is 34.3 Å². The highest BCUT2D eigenvalue weighted by Crippen LogP contribution is 2.37. The first-order valence-electron chi connectivity index (χ1n) is 10.1. The van der Waals surface area contributed by atoms with Crippen LogP contribution in [-0.4, -0.2) is 23.3 Å². The molecule has 0 unspecified atom stereocenters. The zero-order chi connectivity index (χ0) is 20.2. The highest BCUT2D eigenvalue weighted by Gasteiger charge is 2.51. The normalized spacial score (nSPS) is 17.9. The first kappa shape index (κ1) is 18.4. The summed E-state index contributed by atoms with van der Waals surface area (Å²) in [5, 5.41) is 3.51. The van der Waals surface area contributed by atoms with E-state index in [1.807, 2.05) is 6.07 Å². The monoisotopic (exact) mass is 381 g/mol. The fourth-order valence-corrected chi connectivity index (χ4v) is 3.92. The van der Waals surface area contributed by atoms with Gasteiger partial charge in [0.25, 0.3) is 0 Å². The van der Waals surface area contributed by atoms with Crippen molar-refractivity contribution in [1.82, 2.24) is 4.98 Å². The van der Waals surface area contributed by atoms with Crippen LogP contribution in [0.3, 0.4) is 0 Å². The molecule has 144 valence electrons. The van der Waals surface area contributed by atoms with E-state index in [9.17, 15) is 0 Å². The van der Waals surface area contributed by atoms with Crippen LogP contribution in [0.2, 0.25) is 0 Å². The van der Waals surface area contributed by atoms with Gasteiger partial charge in [0.1, 0.15) is 0 Å². The molecule has 0 atom stereocenters. The Morgan fingerprint density at radius 2 is 1.31 bits per heavy atom. The molecule has 4 aromatic rings. The van der Waals surface area contributed by atoms with Crippen LogP contribution >= 0.6 is 0 Å². The number of rotatable bonds is 2. The minimum Gasteiger partial charge on any atom is -0.399 e. The van der Waals surface area contributed by atoms with Gasteiger partial charge in [0.2, 0.25) is 0 Å². The first-order chi connectivity index (χ1) is 13.9. The summed E-state index contributed by atoms with van der Waals surface area (Å²) < 4.78 is 12.5. The number of fused-ring (bicyclic) bond motifs is 3. The van der Waals surface area contributed by atoms with Crippen molar-refractivity contribution in [1.29, 1.82) is 0 Å². The molecular weight excluding hydrogens is 357 g/mol. The zero-order valence-corrected chi connectivity index (χ0v) is 17.3.